The van der Waals surface area contributed by atoms with Gasteiger partial charge in [0.1, 0.15) is 0 Å². The average molecular weight is 143 g/mol. The van der Waals surface area contributed by atoms with Gasteiger partial charge in [-0.3, -0.25) is 9.59 Å². The zero-order valence-electron chi connectivity index (χ0n) is 5.50. The fourth-order valence-electron chi connectivity index (χ4n) is 0.830. The Bertz CT molecular complexity index is 140. The number of morpholine rings is 1. The molecule has 0 amide bonds. The summed E-state index contributed by atoms with van der Waals surface area (Å²) >= 11 is 0. The fourth-order valence-corrected chi connectivity index (χ4v) is 0.830. The van der Waals surface area contributed by atoms with E-state index in [0.29, 0.717) is 26.0 Å². The number of hydrogen-bond acceptors (Lipinski definition) is 4. The number of carbonyl (C=O) groups is 2. The summed E-state index contributed by atoms with van der Waals surface area (Å²) < 4.78 is 4.96. The van der Waals surface area contributed by atoms with Gasteiger partial charge in [0.15, 0.2) is 6.29 Å². The zero-order chi connectivity index (χ0) is 7.40. The summed E-state index contributed by atoms with van der Waals surface area (Å²) in [6, 6.07) is -0.411. The molecule has 0 aliphatic carbocycles. The predicted octanol–water partition coefficient (Wildman–Crippen LogP) is -1.26. The van der Waals surface area contributed by atoms with E-state index < -0.39 is 11.8 Å². The van der Waals surface area contributed by atoms with Crippen LogP contribution in [0.15, 0.2) is 0 Å². The van der Waals surface area contributed by atoms with Crippen molar-refractivity contribution in [2.24, 2.45) is 0 Å². The normalized spacial score (nSPS) is 25.8. The highest BCUT2D eigenvalue weighted by Gasteiger charge is 2.19. The van der Waals surface area contributed by atoms with Gasteiger partial charge in [0.05, 0.1) is 19.3 Å². The monoisotopic (exact) mass is 143 g/mol. The molecule has 1 aliphatic heterocycles. The van der Waals surface area contributed by atoms with Gasteiger partial charge in [-0.2, -0.15) is 0 Å². The van der Waals surface area contributed by atoms with E-state index in [2.05, 4.69) is 5.32 Å². The van der Waals surface area contributed by atoms with Crippen LogP contribution in [0.5, 0.6) is 0 Å². The maximum Gasteiger partial charge on any atom is 0.214 e. The summed E-state index contributed by atoms with van der Waals surface area (Å²) in [4.78, 5) is 20.6. The summed E-state index contributed by atoms with van der Waals surface area (Å²) in [5.74, 6) is -0.431. The van der Waals surface area contributed by atoms with Crippen molar-refractivity contribution in [3.63, 3.8) is 0 Å². The third-order valence-electron chi connectivity index (χ3n) is 1.38. The van der Waals surface area contributed by atoms with Crippen molar-refractivity contribution in [2.45, 2.75) is 6.04 Å². The SMILES string of the molecule is O=CC(=O)C1COCCN1. The minimum Gasteiger partial charge on any atom is -0.378 e. The summed E-state index contributed by atoms with van der Waals surface area (Å²) in [6.07, 6.45) is 0.326. The van der Waals surface area contributed by atoms with Gasteiger partial charge in [-0.1, -0.05) is 0 Å². The molecule has 56 valence electrons. The molecule has 1 aliphatic rings. The van der Waals surface area contributed by atoms with Crippen LogP contribution in [0.1, 0.15) is 0 Å². The molecule has 0 saturated carbocycles. The molecule has 0 aromatic carbocycles. The average Bonchev–Trinajstić information content (AvgIpc) is 2.05. The van der Waals surface area contributed by atoms with E-state index in [1.165, 1.54) is 0 Å². The van der Waals surface area contributed by atoms with Gasteiger partial charge in [-0.05, 0) is 0 Å². The molecule has 0 spiro atoms. The first-order valence-corrected chi connectivity index (χ1v) is 3.15. The molecule has 1 atom stereocenters. The van der Waals surface area contributed by atoms with E-state index in [4.69, 9.17) is 4.74 Å². The van der Waals surface area contributed by atoms with Crippen LogP contribution >= 0.6 is 0 Å². The van der Waals surface area contributed by atoms with Crippen LogP contribution in [0.4, 0.5) is 0 Å². The van der Waals surface area contributed by atoms with Crippen molar-refractivity contribution in [2.75, 3.05) is 19.8 Å². The number of ether oxygens (including phenoxy) is 1. The van der Waals surface area contributed by atoms with Crippen LogP contribution in [0, 0.1) is 0 Å². The smallest absolute Gasteiger partial charge is 0.214 e. The molecule has 4 nitrogen and oxygen atoms in total. The molecule has 1 fully saturated rings. The number of hydrogen-bond donors (Lipinski definition) is 1. The Labute approximate surface area is 58.5 Å². The maximum atomic E-state index is 10.7. The molecule has 0 bridgehead atoms. The van der Waals surface area contributed by atoms with E-state index >= 15 is 0 Å². The minimum absolute atomic E-state index is 0.317. The van der Waals surface area contributed by atoms with Crippen LogP contribution < -0.4 is 5.32 Å². The van der Waals surface area contributed by atoms with Crippen molar-refractivity contribution in [1.82, 2.24) is 5.32 Å². The first-order chi connectivity index (χ1) is 4.84. The van der Waals surface area contributed by atoms with E-state index in [1.54, 1.807) is 0 Å². The summed E-state index contributed by atoms with van der Waals surface area (Å²) in [6.45, 7) is 1.57. The standard InChI is InChI=1S/C6H9NO3/c8-3-6(9)5-4-10-2-1-7-5/h3,5,7H,1-2,4H2. The van der Waals surface area contributed by atoms with E-state index in [1.807, 2.05) is 0 Å². The van der Waals surface area contributed by atoms with Crippen molar-refractivity contribution in [3.8, 4) is 0 Å². The summed E-state index contributed by atoms with van der Waals surface area (Å²) in [7, 11) is 0. The lowest BCUT2D eigenvalue weighted by Gasteiger charge is -2.20. The van der Waals surface area contributed by atoms with Crippen molar-refractivity contribution in [3.05, 3.63) is 0 Å². The molecule has 10 heavy (non-hydrogen) atoms. The molecule has 1 saturated heterocycles. The topological polar surface area (TPSA) is 55.4 Å². The highest BCUT2D eigenvalue weighted by molar-refractivity contribution is 6.27. The number of rotatable bonds is 2. The second-order valence-corrected chi connectivity index (χ2v) is 2.10. The second-order valence-electron chi connectivity index (χ2n) is 2.10. The van der Waals surface area contributed by atoms with E-state index in [9.17, 15) is 9.59 Å². The molecule has 0 aromatic rings. The Morgan fingerprint density at radius 1 is 1.70 bits per heavy atom. The lowest BCUT2D eigenvalue weighted by atomic mass is 10.2. The van der Waals surface area contributed by atoms with E-state index in [0.717, 1.165) is 0 Å². The Morgan fingerprint density at radius 3 is 3.00 bits per heavy atom. The third-order valence-corrected chi connectivity index (χ3v) is 1.38. The Morgan fingerprint density at radius 2 is 2.50 bits per heavy atom. The highest BCUT2D eigenvalue weighted by atomic mass is 16.5. The Hall–Kier alpha value is -0.740. The minimum atomic E-state index is -0.431. The van der Waals surface area contributed by atoms with Gasteiger partial charge in [0.2, 0.25) is 5.78 Å². The summed E-state index contributed by atoms with van der Waals surface area (Å²) in [5, 5.41) is 2.86. The molecule has 1 rings (SSSR count). The number of nitrogens with one attached hydrogen (secondary N) is 1. The van der Waals surface area contributed by atoms with Crippen molar-refractivity contribution < 1.29 is 14.3 Å². The van der Waals surface area contributed by atoms with Gasteiger partial charge in [0, 0.05) is 6.54 Å². The Balaban J connectivity index is 2.38. The third kappa shape index (κ3) is 1.62. The number of Topliss-reactive ketones (excluding diaryl/α,β-unsaturated/α-hetero) is 1. The number of ketones is 1. The molecule has 1 heterocycles. The van der Waals surface area contributed by atoms with Gasteiger partial charge in [0.25, 0.3) is 0 Å². The van der Waals surface area contributed by atoms with Gasteiger partial charge >= 0.3 is 0 Å². The lowest BCUT2D eigenvalue weighted by Crippen LogP contribution is -2.46. The van der Waals surface area contributed by atoms with Crippen molar-refractivity contribution >= 4 is 12.1 Å². The quantitative estimate of drug-likeness (QED) is 0.387. The summed E-state index contributed by atoms with van der Waals surface area (Å²) in [5.41, 5.74) is 0. The molecule has 0 aromatic heterocycles. The number of aldehydes is 1. The lowest BCUT2D eigenvalue weighted by molar-refractivity contribution is -0.133. The predicted molar refractivity (Wildman–Crippen MR) is 33.7 cm³/mol. The number of carbonyl (C=O) groups excluding carboxylic acids is 2. The van der Waals surface area contributed by atoms with Crippen LogP contribution in [-0.4, -0.2) is 37.9 Å². The van der Waals surface area contributed by atoms with Gasteiger partial charge < -0.3 is 10.1 Å². The second kappa shape index (κ2) is 3.43. The van der Waals surface area contributed by atoms with Crippen LogP contribution in [0.2, 0.25) is 0 Å². The fraction of sp³-hybridized carbons (Fsp3) is 0.667. The maximum absolute atomic E-state index is 10.7. The zero-order valence-corrected chi connectivity index (χ0v) is 5.50. The largest absolute Gasteiger partial charge is 0.378 e. The first-order valence-electron chi connectivity index (χ1n) is 3.15. The molecule has 4 heteroatoms. The molecule has 1 N–H and O–H groups in total. The van der Waals surface area contributed by atoms with Crippen molar-refractivity contribution in [1.29, 1.82) is 0 Å². The van der Waals surface area contributed by atoms with Crippen LogP contribution in [0.3, 0.4) is 0 Å². The van der Waals surface area contributed by atoms with Crippen LogP contribution in [-0.2, 0) is 14.3 Å². The highest BCUT2D eigenvalue weighted by Crippen LogP contribution is 1.91. The molecule has 1 unspecified atom stereocenters. The molecule has 0 radical (unpaired) electrons. The van der Waals surface area contributed by atoms with Gasteiger partial charge in [-0.15, -0.1) is 0 Å². The van der Waals surface area contributed by atoms with Crippen LogP contribution in [0.25, 0.3) is 0 Å². The molecular weight excluding hydrogens is 134 g/mol. The molecular formula is C6H9NO3. The van der Waals surface area contributed by atoms with Gasteiger partial charge in [-0.25, -0.2) is 0 Å². The Kier molecular flexibility index (Phi) is 2.53. The van der Waals surface area contributed by atoms with E-state index in [-0.39, 0.29) is 0 Å². The first kappa shape index (κ1) is 7.37.